The summed E-state index contributed by atoms with van der Waals surface area (Å²) in [6.07, 6.45) is 3.05. The first kappa shape index (κ1) is 16.4. The lowest BCUT2D eigenvalue weighted by atomic mass is 9.89. The molecule has 1 atom stereocenters. The summed E-state index contributed by atoms with van der Waals surface area (Å²) in [6, 6.07) is 13.8. The van der Waals surface area contributed by atoms with Gasteiger partial charge in [0.2, 0.25) is 5.91 Å². The van der Waals surface area contributed by atoms with Crippen molar-refractivity contribution in [1.82, 2.24) is 25.1 Å². The zero-order chi connectivity index (χ0) is 17.9. The molecule has 2 aromatic carbocycles. The molecule has 3 aromatic rings. The van der Waals surface area contributed by atoms with Crippen LogP contribution >= 0.6 is 0 Å². The maximum absolute atomic E-state index is 13.0. The maximum Gasteiger partial charge on any atom is 0.244 e. The first-order chi connectivity index (χ1) is 12.7. The number of tetrazole rings is 1. The summed E-state index contributed by atoms with van der Waals surface area (Å²) in [5.74, 6) is -0.119. The molecule has 4 rings (SSSR count). The van der Waals surface area contributed by atoms with E-state index in [1.165, 1.54) is 11.0 Å². The number of carbonyl (C=O) groups is 2. The maximum atomic E-state index is 13.0. The Balaban J connectivity index is 1.47. The number of aromatic nitrogens is 4. The van der Waals surface area contributed by atoms with Crippen LogP contribution in [-0.2, 0) is 11.3 Å². The van der Waals surface area contributed by atoms with Crippen LogP contribution in [0.4, 0.5) is 0 Å². The van der Waals surface area contributed by atoms with Gasteiger partial charge >= 0.3 is 0 Å². The zero-order valence-electron chi connectivity index (χ0n) is 14.3. The van der Waals surface area contributed by atoms with Crippen molar-refractivity contribution in [2.24, 2.45) is 5.92 Å². The highest BCUT2D eigenvalue weighted by Gasteiger charge is 2.29. The van der Waals surface area contributed by atoms with Gasteiger partial charge in [-0.3, -0.25) is 9.59 Å². The van der Waals surface area contributed by atoms with Crippen molar-refractivity contribution in [1.29, 1.82) is 0 Å². The Labute approximate surface area is 150 Å². The second-order valence-electron chi connectivity index (χ2n) is 6.61. The van der Waals surface area contributed by atoms with Gasteiger partial charge in [-0.2, -0.15) is 0 Å². The monoisotopic (exact) mass is 349 g/mol. The van der Waals surface area contributed by atoms with Crippen molar-refractivity contribution in [2.75, 3.05) is 13.1 Å². The number of fused-ring (bicyclic) bond motifs is 1. The molecular formula is C19H19N5O2. The lowest BCUT2D eigenvalue weighted by Gasteiger charge is -2.32. The first-order valence-electron chi connectivity index (χ1n) is 8.72. The second kappa shape index (κ2) is 7.03. The number of hydrogen-bond donors (Lipinski definition) is 0. The molecule has 0 spiro atoms. The highest BCUT2D eigenvalue weighted by atomic mass is 16.2. The number of ketones is 1. The van der Waals surface area contributed by atoms with Gasteiger partial charge < -0.3 is 4.90 Å². The molecule has 1 saturated heterocycles. The molecule has 1 fully saturated rings. The summed E-state index contributed by atoms with van der Waals surface area (Å²) in [5.41, 5.74) is 0.712. The van der Waals surface area contributed by atoms with Gasteiger partial charge in [-0.1, -0.05) is 36.4 Å². The Morgan fingerprint density at radius 1 is 1.12 bits per heavy atom. The summed E-state index contributed by atoms with van der Waals surface area (Å²) in [5, 5.41) is 13.0. The van der Waals surface area contributed by atoms with Crippen molar-refractivity contribution >= 4 is 22.5 Å². The van der Waals surface area contributed by atoms with E-state index in [1.54, 1.807) is 4.90 Å². The average molecular weight is 349 g/mol. The molecule has 1 amide bonds. The van der Waals surface area contributed by atoms with Gasteiger partial charge in [-0.05, 0) is 40.1 Å². The summed E-state index contributed by atoms with van der Waals surface area (Å²) < 4.78 is 1.40. The highest BCUT2D eigenvalue weighted by molar-refractivity contribution is 6.01. The van der Waals surface area contributed by atoms with Crippen LogP contribution in [0.5, 0.6) is 0 Å². The highest BCUT2D eigenvalue weighted by Crippen LogP contribution is 2.23. The minimum Gasteiger partial charge on any atom is -0.340 e. The van der Waals surface area contributed by atoms with E-state index in [0.29, 0.717) is 18.7 Å². The number of rotatable bonds is 4. The average Bonchev–Trinajstić information content (AvgIpc) is 3.20. The molecule has 1 aliphatic heterocycles. The molecule has 26 heavy (non-hydrogen) atoms. The number of piperidine rings is 1. The van der Waals surface area contributed by atoms with Gasteiger partial charge in [0.05, 0.1) is 0 Å². The molecule has 0 bridgehead atoms. The van der Waals surface area contributed by atoms with Crippen molar-refractivity contribution in [3.63, 3.8) is 0 Å². The lowest BCUT2D eigenvalue weighted by molar-refractivity contribution is -0.133. The number of amides is 1. The molecule has 7 heteroatoms. The lowest BCUT2D eigenvalue weighted by Crippen LogP contribution is -2.43. The minimum absolute atomic E-state index is 0.0617. The molecule has 2 heterocycles. The van der Waals surface area contributed by atoms with E-state index in [9.17, 15) is 9.59 Å². The van der Waals surface area contributed by atoms with Gasteiger partial charge in [0, 0.05) is 24.6 Å². The van der Waals surface area contributed by atoms with E-state index < -0.39 is 0 Å². The largest absolute Gasteiger partial charge is 0.340 e. The number of nitrogens with zero attached hydrogens (tertiary/aromatic N) is 5. The summed E-state index contributed by atoms with van der Waals surface area (Å²) in [4.78, 5) is 27.1. The normalized spacial score (nSPS) is 17.4. The van der Waals surface area contributed by atoms with Gasteiger partial charge in [0.15, 0.2) is 5.78 Å². The molecule has 0 N–H and O–H groups in total. The quantitative estimate of drug-likeness (QED) is 0.673. The van der Waals surface area contributed by atoms with E-state index in [1.807, 2.05) is 42.5 Å². The Hall–Kier alpha value is -3.09. The molecule has 1 aromatic heterocycles. The van der Waals surface area contributed by atoms with E-state index in [4.69, 9.17) is 0 Å². The number of carbonyl (C=O) groups excluding carboxylic acids is 2. The molecule has 1 unspecified atom stereocenters. The van der Waals surface area contributed by atoms with Gasteiger partial charge in [-0.25, -0.2) is 4.68 Å². The smallest absolute Gasteiger partial charge is 0.244 e. The third-order valence-electron chi connectivity index (χ3n) is 4.87. The van der Waals surface area contributed by atoms with E-state index >= 15 is 0 Å². The van der Waals surface area contributed by atoms with Gasteiger partial charge in [-0.15, -0.1) is 5.10 Å². The molecule has 1 aliphatic rings. The summed E-state index contributed by atoms with van der Waals surface area (Å²) >= 11 is 0. The molecular weight excluding hydrogens is 330 g/mol. The van der Waals surface area contributed by atoms with E-state index in [-0.39, 0.29) is 24.2 Å². The SMILES string of the molecule is O=C(c1ccc2ccccc2c1)C1CCCN(C(=O)Cn2cnnn2)C1. The van der Waals surface area contributed by atoms with Crippen LogP contribution in [0.2, 0.25) is 0 Å². The van der Waals surface area contributed by atoms with Crippen molar-refractivity contribution < 1.29 is 9.59 Å². The number of likely N-dealkylation sites (tertiary alicyclic amines) is 1. The minimum atomic E-state index is -0.164. The fraction of sp³-hybridized carbons (Fsp3) is 0.316. The predicted molar refractivity (Wildman–Crippen MR) is 95.4 cm³/mol. The first-order valence-corrected chi connectivity index (χ1v) is 8.72. The third-order valence-corrected chi connectivity index (χ3v) is 4.87. The molecule has 0 radical (unpaired) electrons. The van der Waals surface area contributed by atoms with Crippen LogP contribution in [-0.4, -0.2) is 49.9 Å². The van der Waals surface area contributed by atoms with Crippen LogP contribution in [0.3, 0.4) is 0 Å². The number of benzene rings is 2. The Morgan fingerprint density at radius 3 is 2.77 bits per heavy atom. The Kier molecular flexibility index (Phi) is 4.43. The van der Waals surface area contributed by atoms with Crippen LogP contribution in [0.25, 0.3) is 10.8 Å². The van der Waals surface area contributed by atoms with Crippen molar-refractivity contribution in [2.45, 2.75) is 19.4 Å². The van der Waals surface area contributed by atoms with Crippen LogP contribution in [0, 0.1) is 5.92 Å². The second-order valence-corrected chi connectivity index (χ2v) is 6.61. The van der Waals surface area contributed by atoms with Crippen LogP contribution in [0.1, 0.15) is 23.2 Å². The zero-order valence-corrected chi connectivity index (χ0v) is 14.3. The Morgan fingerprint density at radius 2 is 1.96 bits per heavy atom. The van der Waals surface area contributed by atoms with Crippen molar-refractivity contribution in [3.8, 4) is 0 Å². The molecule has 0 saturated carbocycles. The predicted octanol–water partition coefficient (Wildman–Crippen LogP) is 1.95. The fourth-order valence-corrected chi connectivity index (χ4v) is 3.49. The molecule has 7 nitrogen and oxygen atoms in total. The molecule has 132 valence electrons. The fourth-order valence-electron chi connectivity index (χ4n) is 3.49. The summed E-state index contributed by atoms with van der Waals surface area (Å²) in [6.45, 7) is 1.22. The number of Topliss-reactive ketones (excluding diaryl/α,β-unsaturated/α-hetero) is 1. The molecule has 0 aliphatic carbocycles. The van der Waals surface area contributed by atoms with Crippen molar-refractivity contribution in [3.05, 3.63) is 54.4 Å². The van der Waals surface area contributed by atoms with E-state index in [2.05, 4.69) is 15.5 Å². The van der Waals surface area contributed by atoms with Gasteiger partial charge in [0.1, 0.15) is 12.9 Å². The third kappa shape index (κ3) is 3.33. The van der Waals surface area contributed by atoms with Crippen LogP contribution in [0.15, 0.2) is 48.8 Å². The standard InChI is InChI=1S/C19H19N5O2/c25-18(12-24-13-20-21-22-24)23-9-3-6-17(11-23)19(26)16-8-7-14-4-1-2-5-15(14)10-16/h1-2,4-5,7-8,10,13,17H,3,6,9,11-12H2. The van der Waals surface area contributed by atoms with E-state index in [0.717, 1.165) is 23.6 Å². The van der Waals surface area contributed by atoms with Crippen LogP contribution < -0.4 is 0 Å². The number of hydrogen-bond acceptors (Lipinski definition) is 5. The Bertz CT molecular complexity index is 938. The summed E-state index contributed by atoms with van der Waals surface area (Å²) in [7, 11) is 0. The topological polar surface area (TPSA) is 81.0 Å². The van der Waals surface area contributed by atoms with Gasteiger partial charge in [0.25, 0.3) is 0 Å².